The summed E-state index contributed by atoms with van der Waals surface area (Å²) in [6.45, 7) is 7.82. The molecule has 0 bridgehead atoms. The van der Waals surface area contributed by atoms with Crippen molar-refractivity contribution in [2.75, 3.05) is 6.54 Å². The van der Waals surface area contributed by atoms with Crippen molar-refractivity contribution in [1.29, 1.82) is 0 Å². The number of urea groups is 1. The molecular formula is C16H29N3O6. The molecule has 5 N–H and O–H groups in total. The van der Waals surface area contributed by atoms with Crippen LogP contribution in [0.15, 0.2) is 0 Å². The number of Topliss-reactive ketones (excluding diaryl/α,β-unsaturated/α-hetero) is 1. The molecule has 0 spiro atoms. The lowest BCUT2D eigenvalue weighted by molar-refractivity contribution is -0.139. The maximum Gasteiger partial charge on any atom is 0.326 e. The van der Waals surface area contributed by atoms with Crippen molar-refractivity contribution in [2.24, 2.45) is 0 Å². The van der Waals surface area contributed by atoms with Crippen LogP contribution in [0.5, 0.6) is 0 Å². The fourth-order valence-electron chi connectivity index (χ4n) is 2.03. The number of rotatable bonds is 11. The first-order valence-electron chi connectivity index (χ1n) is 8.19. The molecule has 9 nitrogen and oxygen atoms in total. The zero-order valence-corrected chi connectivity index (χ0v) is 15.2. The standard InChI is InChI=1S/C16H29N3O6/c1-10(20)11(7-8-13(21)22)18-15(25)19-12(14(23)24)6-5-9-17-16(2,3)4/h11-12,17H,5-9H2,1-4H3,(H,21,22)(H,23,24)(H2,18,19,25)/t11-,12-/m0/s1. The average Bonchev–Trinajstić information content (AvgIpc) is 2.44. The van der Waals surface area contributed by atoms with Gasteiger partial charge in [-0.1, -0.05) is 0 Å². The summed E-state index contributed by atoms with van der Waals surface area (Å²) in [5.74, 6) is -2.64. The van der Waals surface area contributed by atoms with Crippen molar-refractivity contribution >= 4 is 23.8 Å². The highest BCUT2D eigenvalue weighted by Gasteiger charge is 2.23. The van der Waals surface area contributed by atoms with E-state index in [0.29, 0.717) is 13.0 Å². The van der Waals surface area contributed by atoms with Crippen molar-refractivity contribution in [3.63, 3.8) is 0 Å². The molecular weight excluding hydrogens is 330 g/mol. The Bertz CT molecular complexity index is 487. The van der Waals surface area contributed by atoms with E-state index >= 15 is 0 Å². The summed E-state index contributed by atoms with van der Waals surface area (Å²) in [5.41, 5.74) is -0.0810. The van der Waals surface area contributed by atoms with Crippen LogP contribution in [0.4, 0.5) is 4.79 Å². The van der Waals surface area contributed by atoms with Gasteiger partial charge < -0.3 is 26.2 Å². The second-order valence-electron chi connectivity index (χ2n) is 6.92. The van der Waals surface area contributed by atoms with Gasteiger partial charge in [0.1, 0.15) is 6.04 Å². The van der Waals surface area contributed by atoms with Gasteiger partial charge in [0, 0.05) is 12.0 Å². The summed E-state index contributed by atoms with van der Waals surface area (Å²) in [6.07, 6.45) is 0.450. The number of aliphatic carboxylic acids is 2. The molecule has 0 aromatic rings. The first kappa shape index (κ1) is 22.8. The van der Waals surface area contributed by atoms with Crippen LogP contribution in [-0.4, -0.2) is 58.1 Å². The highest BCUT2D eigenvalue weighted by atomic mass is 16.4. The molecule has 2 atom stereocenters. The fourth-order valence-corrected chi connectivity index (χ4v) is 2.03. The summed E-state index contributed by atoms with van der Waals surface area (Å²) < 4.78 is 0. The zero-order chi connectivity index (χ0) is 19.6. The van der Waals surface area contributed by atoms with E-state index in [-0.39, 0.29) is 24.8 Å². The number of nitrogens with one attached hydrogen (secondary N) is 3. The molecule has 0 unspecified atom stereocenters. The first-order chi connectivity index (χ1) is 11.4. The SMILES string of the molecule is CC(=O)[C@H](CCC(=O)O)NC(=O)N[C@@H](CCCNC(C)(C)C)C(=O)O. The Hall–Kier alpha value is -2.16. The largest absolute Gasteiger partial charge is 0.481 e. The summed E-state index contributed by atoms with van der Waals surface area (Å²) in [5, 5.41) is 25.7. The third-order valence-electron chi connectivity index (χ3n) is 3.37. The number of carboxylic acid groups (broad SMARTS) is 2. The van der Waals surface area contributed by atoms with Gasteiger partial charge in [0.05, 0.1) is 6.04 Å². The highest BCUT2D eigenvalue weighted by molar-refractivity contribution is 5.88. The molecule has 0 aliphatic heterocycles. The van der Waals surface area contributed by atoms with E-state index in [1.807, 2.05) is 20.8 Å². The van der Waals surface area contributed by atoms with Crippen LogP contribution in [0.3, 0.4) is 0 Å². The molecule has 2 amide bonds. The normalized spacial score (nSPS) is 13.6. The van der Waals surface area contributed by atoms with Gasteiger partial charge in [0.15, 0.2) is 5.78 Å². The maximum absolute atomic E-state index is 11.9. The molecule has 144 valence electrons. The van der Waals surface area contributed by atoms with Gasteiger partial charge in [-0.05, 0) is 53.5 Å². The van der Waals surface area contributed by atoms with Gasteiger partial charge in [0.2, 0.25) is 0 Å². The Balaban J connectivity index is 4.48. The molecule has 9 heteroatoms. The van der Waals surface area contributed by atoms with Gasteiger partial charge in [-0.3, -0.25) is 9.59 Å². The molecule has 0 heterocycles. The van der Waals surface area contributed by atoms with Crippen molar-refractivity contribution in [2.45, 2.75) is 71.0 Å². The molecule has 0 radical (unpaired) electrons. The predicted molar refractivity (Wildman–Crippen MR) is 91.4 cm³/mol. The van der Waals surface area contributed by atoms with E-state index in [9.17, 15) is 24.3 Å². The minimum atomic E-state index is -1.17. The molecule has 0 rings (SSSR count). The van der Waals surface area contributed by atoms with Crippen LogP contribution in [-0.2, 0) is 14.4 Å². The van der Waals surface area contributed by atoms with Crippen LogP contribution in [0, 0.1) is 0 Å². The Morgan fingerprint density at radius 3 is 1.96 bits per heavy atom. The Kier molecular flexibility index (Phi) is 9.73. The number of ketones is 1. The minimum absolute atomic E-state index is 0.0503. The summed E-state index contributed by atoms with van der Waals surface area (Å²) >= 11 is 0. The number of hydrogen-bond acceptors (Lipinski definition) is 5. The second kappa shape index (κ2) is 10.7. The Labute approximate surface area is 147 Å². The van der Waals surface area contributed by atoms with Crippen molar-refractivity contribution < 1.29 is 29.4 Å². The number of carboxylic acids is 2. The third kappa shape index (κ3) is 11.9. The van der Waals surface area contributed by atoms with E-state index in [0.717, 1.165) is 0 Å². The Morgan fingerprint density at radius 1 is 0.960 bits per heavy atom. The maximum atomic E-state index is 11.9. The van der Waals surface area contributed by atoms with Gasteiger partial charge in [-0.25, -0.2) is 9.59 Å². The second-order valence-corrected chi connectivity index (χ2v) is 6.92. The molecule has 0 saturated carbocycles. The third-order valence-corrected chi connectivity index (χ3v) is 3.37. The van der Waals surface area contributed by atoms with E-state index in [1.54, 1.807) is 0 Å². The number of amides is 2. The molecule has 25 heavy (non-hydrogen) atoms. The fraction of sp³-hybridized carbons (Fsp3) is 0.750. The molecule has 0 fully saturated rings. The lowest BCUT2D eigenvalue weighted by Crippen LogP contribution is -2.51. The first-order valence-corrected chi connectivity index (χ1v) is 8.19. The van der Waals surface area contributed by atoms with Crippen LogP contribution >= 0.6 is 0 Å². The van der Waals surface area contributed by atoms with Crippen molar-refractivity contribution in [3.8, 4) is 0 Å². The molecule has 0 aliphatic rings. The van der Waals surface area contributed by atoms with Gasteiger partial charge in [0.25, 0.3) is 0 Å². The summed E-state index contributed by atoms with van der Waals surface area (Å²) in [7, 11) is 0. The highest BCUT2D eigenvalue weighted by Crippen LogP contribution is 2.03. The van der Waals surface area contributed by atoms with Gasteiger partial charge in [-0.2, -0.15) is 0 Å². The topological polar surface area (TPSA) is 145 Å². The van der Waals surface area contributed by atoms with Crippen LogP contribution < -0.4 is 16.0 Å². The van der Waals surface area contributed by atoms with Gasteiger partial charge >= 0.3 is 18.0 Å². The molecule has 0 aliphatic carbocycles. The molecule has 0 aromatic carbocycles. The van der Waals surface area contributed by atoms with Gasteiger partial charge in [-0.15, -0.1) is 0 Å². The van der Waals surface area contributed by atoms with Crippen molar-refractivity contribution in [1.82, 2.24) is 16.0 Å². The van der Waals surface area contributed by atoms with E-state index < -0.39 is 35.8 Å². The van der Waals surface area contributed by atoms with E-state index in [2.05, 4.69) is 16.0 Å². The quantitative estimate of drug-likeness (QED) is 0.342. The zero-order valence-electron chi connectivity index (χ0n) is 15.2. The summed E-state index contributed by atoms with van der Waals surface area (Å²) in [4.78, 5) is 45.2. The number of hydrogen-bond donors (Lipinski definition) is 5. The summed E-state index contributed by atoms with van der Waals surface area (Å²) in [6, 6.07) is -2.86. The van der Waals surface area contributed by atoms with Crippen LogP contribution in [0.1, 0.15) is 53.4 Å². The average molecular weight is 359 g/mol. The molecule has 0 saturated heterocycles. The van der Waals surface area contributed by atoms with E-state index in [4.69, 9.17) is 5.11 Å². The monoisotopic (exact) mass is 359 g/mol. The molecule has 0 aromatic heterocycles. The van der Waals surface area contributed by atoms with E-state index in [1.165, 1.54) is 6.92 Å². The number of carbonyl (C=O) groups is 4. The lowest BCUT2D eigenvalue weighted by atomic mass is 10.1. The predicted octanol–water partition coefficient (Wildman–Crippen LogP) is 0.730. The minimum Gasteiger partial charge on any atom is -0.481 e. The number of carbonyl (C=O) groups excluding carboxylic acids is 2. The van der Waals surface area contributed by atoms with Crippen LogP contribution in [0.2, 0.25) is 0 Å². The Morgan fingerprint density at radius 2 is 1.52 bits per heavy atom. The smallest absolute Gasteiger partial charge is 0.326 e. The lowest BCUT2D eigenvalue weighted by Gasteiger charge is -2.22. The van der Waals surface area contributed by atoms with Crippen molar-refractivity contribution in [3.05, 3.63) is 0 Å². The van der Waals surface area contributed by atoms with Crippen LogP contribution in [0.25, 0.3) is 0 Å².